The monoisotopic (exact) mass is 479 g/mol. The molecule has 0 radical (unpaired) electrons. The molecule has 0 unspecified atom stereocenters. The van der Waals surface area contributed by atoms with Crippen LogP contribution in [0.25, 0.3) is 10.8 Å². The summed E-state index contributed by atoms with van der Waals surface area (Å²) in [5.41, 5.74) is 2.28. The number of thioether (sulfide) groups is 2. The van der Waals surface area contributed by atoms with Gasteiger partial charge in [0.05, 0.1) is 17.9 Å². The van der Waals surface area contributed by atoms with Gasteiger partial charge in [-0.25, -0.2) is 4.98 Å². The largest absolute Gasteiger partial charge is 0.326 e. The molecule has 0 bridgehead atoms. The fourth-order valence-corrected chi connectivity index (χ4v) is 5.26. The SMILES string of the molecule is CSc1cccc(NC(=O)Cc2csc(SCC(=O)Nc3cccc4ccccc34)n2)c1. The molecule has 0 aliphatic carbocycles. The summed E-state index contributed by atoms with van der Waals surface area (Å²) >= 11 is 4.44. The number of carbonyl (C=O) groups excluding carboxylic acids is 2. The topological polar surface area (TPSA) is 71.1 Å². The van der Waals surface area contributed by atoms with E-state index in [-0.39, 0.29) is 24.0 Å². The van der Waals surface area contributed by atoms with E-state index in [2.05, 4.69) is 15.6 Å². The first-order valence-electron chi connectivity index (χ1n) is 9.89. The van der Waals surface area contributed by atoms with E-state index >= 15 is 0 Å². The zero-order valence-corrected chi connectivity index (χ0v) is 19.8. The van der Waals surface area contributed by atoms with Crippen LogP contribution in [0.5, 0.6) is 0 Å². The predicted molar refractivity (Wildman–Crippen MR) is 136 cm³/mol. The van der Waals surface area contributed by atoms with Crippen LogP contribution in [0.1, 0.15) is 5.69 Å². The Balaban J connectivity index is 1.29. The summed E-state index contributed by atoms with van der Waals surface area (Å²) in [6.45, 7) is 0. The first-order chi connectivity index (χ1) is 15.6. The molecule has 1 aromatic heterocycles. The van der Waals surface area contributed by atoms with Crippen LogP contribution in [0.2, 0.25) is 0 Å². The lowest BCUT2D eigenvalue weighted by Gasteiger charge is -2.08. The third-order valence-corrected chi connectivity index (χ3v) is 7.41. The van der Waals surface area contributed by atoms with Gasteiger partial charge in [-0.1, -0.05) is 54.2 Å². The van der Waals surface area contributed by atoms with Gasteiger partial charge in [-0.05, 0) is 35.9 Å². The third-order valence-electron chi connectivity index (χ3n) is 4.62. The van der Waals surface area contributed by atoms with Crippen LogP contribution in [0, 0.1) is 0 Å². The number of nitrogens with one attached hydrogen (secondary N) is 2. The van der Waals surface area contributed by atoms with Crippen LogP contribution in [-0.4, -0.2) is 28.8 Å². The van der Waals surface area contributed by atoms with Gasteiger partial charge >= 0.3 is 0 Å². The van der Waals surface area contributed by atoms with Gasteiger partial charge in [0.2, 0.25) is 11.8 Å². The van der Waals surface area contributed by atoms with Crippen LogP contribution in [0.3, 0.4) is 0 Å². The van der Waals surface area contributed by atoms with Crippen molar-refractivity contribution in [1.29, 1.82) is 0 Å². The number of nitrogens with zero attached hydrogens (tertiary/aromatic N) is 1. The summed E-state index contributed by atoms with van der Waals surface area (Å²) in [6.07, 6.45) is 2.19. The Morgan fingerprint density at radius 2 is 1.78 bits per heavy atom. The molecule has 32 heavy (non-hydrogen) atoms. The van der Waals surface area contributed by atoms with Gasteiger partial charge in [0.25, 0.3) is 0 Å². The minimum atomic E-state index is -0.112. The lowest BCUT2D eigenvalue weighted by atomic mass is 10.1. The Bertz CT molecular complexity index is 1250. The van der Waals surface area contributed by atoms with Crippen molar-refractivity contribution in [2.75, 3.05) is 22.6 Å². The molecule has 0 atom stereocenters. The average molecular weight is 480 g/mol. The number of amides is 2. The van der Waals surface area contributed by atoms with E-state index in [0.29, 0.717) is 5.69 Å². The highest BCUT2D eigenvalue weighted by Gasteiger charge is 2.11. The molecule has 3 aromatic carbocycles. The van der Waals surface area contributed by atoms with Gasteiger partial charge in [0, 0.05) is 27.0 Å². The molecule has 1 heterocycles. The quantitative estimate of drug-likeness (QED) is 0.307. The Morgan fingerprint density at radius 1 is 0.969 bits per heavy atom. The molecular weight excluding hydrogens is 458 g/mol. The summed E-state index contributed by atoms with van der Waals surface area (Å²) in [5.74, 6) is 0.0532. The van der Waals surface area contributed by atoms with Gasteiger partial charge < -0.3 is 10.6 Å². The van der Waals surface area contributed by atoms with Crippen molar-refractivity contribution >= 4 is 68.8 Å². The number of anilines is 2. The minimum absolute atomic E-state index is 0.0884. The molecule has 0 fully saturated rings. The van der Waals surface area contributed by atoms with E-state index in [4.69, 9.17) is 0 Å². The van der Waals surface area contributed by atoms with Gasteiger partial charge in [-0.2, -0.15) is 0 Å². The predicted octanol–water partition coefficient (Wildman–Crippen LogP) is 5.93. The Hall–Kier alpha value is -2.81. The number of hydrogen-bond acceptors (Lipinski definition) is 6. The molecule has 2 amide bonds. The van der Waals surface area contributed by atoms with E-state index in [0.717, 1.165) is 31.4 Å². The molecule has 0 saturated carbocycles. The molecule has 4 rings (SSSR count). The maximum Gasteiger partial charge on any atom is 0.234 e. The number of carbonyl (C=O) groups is 2. The van der Waals surface area contributed by atoms with Crippen molar-refractivity contribution < 1.29 is 9.59 Å². The number of aromatic nitrogens is 1. The maximum atomic E-state index is 12.4. The second kappa shape index (κ2) is 10.7. The normalized spacial score (nSPS) is 10.8. The fourth-order valence-electron chi connectivity index (χ4n) is 3.15. The minimum Gasteiger partial charge on any atom is -0.326 e. The summed E-state index contributed by atoms with van der Waals surface area (Å²) < 4.78 is 0.769. The van der Waals surface area contributed by atoms with Crippen LogP contribution in [0.15, 0.2) is 81.3 Å². The van der Waals surface area contributed by atoms with Gasteiger partial charge in [0.1, 0.15) is 0 Å². The Labute approximate surface area is 199 Å². The number of hydrogen-bond donors (Lipinski definition) is 2. The third kappa shape index (κ3) is 5.91. The number of rotatable bonds is 8. The van der Waals surface area contributed by atoms with E-state index < -0.39 is 0 Å². The summed E-state index contributed by atoms with van der Waals surface area (Å²) in [5, 5.41) is 9.85. The highest BCUT2D eigenvalue weighted by Crippen LogP contribution is 2.26. The van der Waals surface area contributed by atoms with Gasteiger partial charge in [0.15, 0.2) is 4.34 Å². The first-order valence-corrected chi connectivity index (χ1v) is 13.0. The zero-order valence-electron chi connectivity index (χ0n) is 17.3. The standard InChI is InChI=1S/C24H21N3O2S3/c1-30-19-9-5-8-17(12-19)25-22(28)13-18-14-31-24(26-18)32-15-23(29)27-21-11-4-7-16-6-2-3-10-20(16)21/h2-12,14H,13,15H2,1H3,(H,25,28)(H,27,29). The van der Waals surface area contributed by atoms with E-state index in [1.165, 1.54) is 23.1 Å². The summed E-state index contributed by atoms with van der Waals surface area (Å²) in [7, 11) is 0. The van der Waals surface area contributed by atoms with Crippen molar-refractivity contribution in [3.05, 3.63) is 77.8 Å². The van der Waals surface area contributed by atoms with Crippen molar-refractivity contribution in [2.24, 2.45) is 0 Å². The molecular formula is C24H21N3O2S3. The first kappa shape index (κ1) is 22.4. The van der Waals surface area contributed by atoms with Gasteiger partial charge in [-0.15, -0.1) is 23.1 Å². The van der Waals surface area contributed by atoms with Crippen molar-refractivity contribution in [2.45, 2.75) is 15.7 Å². The molecule has 4 aromatic rings. The fraction of sp³-hybridized carbons (Fsp3) is 0.125. The van der Waals surface area contributed by atoms with Crippen molar-refractivity contribution in [3.8, 4) is 0 Å². The number of benzene rings is 3. The molecule has 2 N–H and O–H groups in total. The smallest absolute Gasteiger partial charge is 0.234 e. The van der Waals surface area contributed by atoms with E-state index in [9.17, 15) is 9.59 Å². The highest BCUT2D eigenvalue weighted by molar-refractivity contribution is 8.01. The van der Waals surface area contributed by atoms with Crippen molar-refractivity contribution in [3.63, 3.8) is 0 Å². The molecule has 0 saturated heterocycles. The van der Waals surface area contributed by atoms with Crippen LogP contribution < -0.4 is 10.6 Å². The molecule has 0 aliphatic rings. The Morgan fingerprint density at radius 3 is 2.66 bits per heavy atom. The van der Waals surface area contributed by atoms with Gasteiger partial charge in [-0.3, -0.25) is 9.59 Å². The molecule has 0 spiro atoms. The Kier molecular flexibility index (Phi) is 7.47. The summed E-state index contributed by atoms with van der Waals surface area (Å²) in [6, 6.07) is 21.5. The van der Waals surface area contributed by atoms with E-state index in [1.54, 1.807) is 11.8 Å². The van der Waals surface area contributed by atoms with Crippen molar-refractivity contribution in [1.82, 2.24) is 4.98 Å². The van der Waals surface area contributed by atoms with E-state index in [1.807, 2.05) is 78.4 Å². The molecule has 5 nitrogen and oxygen atoms in total. The lowest BCUT2D eigenvalue weighted by Crippen LogP contribution is -2.15. The molecule has 0 aliphatic heterocycles. The number of thiazole rings is 1. The van der Waals surface area contributed by atoms with Crippen LogP contribution in [-0.2, 0) is 16.0 Å². The summed E-state index contributed by atoms with van der Waals surface area (Å²) in [4.78, 5) is 30.4. The molecule has 8 heteroatoms. The van der Waals surface area contributed by atoms with Crippen LogP contribution >= 0.6 is 34.9 Å². The van der Waals surface area contributed by atoms with Crippen LogP contribution in [0.4, 0.5) is 11.4 Å². The molecule has 162 valence electrons. The average Bonchev–Trinajstić information content (AvgIpc) is 3.25. The second-order valence-electron chi connectivity index (χ2n) is 6.93. The lowest BCUT2D eigenvalue weighted by molar-refractivity contribution is -0.116. The number of fused-ring (bicyclic) bond motifs is 1. The second-order valence-corrected chi connectivity index (χ2v) is 9.89. The zero-order chi connectivity index (χ0) is 22.3. The highest BCUT2D eigenvalue weighted by atomic mass is 32.2. The maximum absolute atomic E-state index is 12.4.